The zero-order valence-corrected chi connectivity index (χ0v) is 7.82. The van der Waals surface area contributed by atoms with Crippen LogP contribution in [-0.4, -0.2) is 29.3 Å². The molecule has 0 saturated heterocycles. The number of hydrogen-bond donors (Lipinski definition) is 2. The summed E-state index contributed by atoms with van der Waals surface area (Å²) in [4.78, 5) is 11.3. The van der Waals surface area contributed by atoms with E-state index in [2.05, 4.69) is 22.1 Å². The molecule has 5 heteroatoms. The fourth-order valence-electron chi connectivity index (χ4n) is 0.918. The van der Waals surface area contributed by atoms with Gasteiger partial charge in [0.25, 0.3) is 5.91 Å². The first-order chi connectivity index (χ1) is 6.84. The average Bonchev–Trinajstić information content (AvgIpc) is 2.70. The molecule has 1 heterocycles. The van der Waals surface area contributed by atoms with Crippen LogP contribution in [0.25, 0.3) is 0 Å². The van der Waals surface area contributed by atoms with Gasteiger partial charge in [0.2, 0.25) is 0 Å². The van der Waals surface area contributed by atoms with Gasteiger partial charge in [0.05, 0.1) is 24.6 Å². The summed E-state index contributed by atoms with van der Waals surface area (Å²) in [5, 5.41) is 8.98. The second kappa shape index (κ2) is 5.80. The fourth-order valence-corrected chi connectivity index (χ4v) is 0.918. The van der Waals surface area contributed by atoms with Crippen molar-refractivity contribution in [2.45, 2.75) is 6.42 Å². The maximum atomic E-state index is 11.3. The van der Waals surface area contributed by atoms with Crippen LogP contribution in [0.15, 0.2) is 25.2 Å². The second-order valence-corrected chi connectivity index (χ2v) is 2.63. The van der Waals surface area contributed by atoms with Gasteiger partial charge >= 0.3 is 0 Å². The molecule has 0 saturated carbocycles. The minimum atomic E-state index is -0.127. The molecular weight excluding hydrogens is 182 g/mol. The summed E-state index contributed by atoms with van der Waals surface area (Å²) < 4.78 is 4.90. The Morgan fingerprint density at radius 1 is 1.79 bits per heavy atom. The van der Waals surface area contributed by atoms with E-state index in [1.54, 1.807) is 6.20 Å². The Morgan fingerprint density at radius 3 is 3.29 bits per heavy atom. The molecule has 0 aliphatic rings. The molecule has 0 aliphatic heterocycles. The number of ether oxygens (including phenoxy) is 1. The van der Waals surface area contributed by atoms with Gasteiger partial charge in [-0.25, -0.2) is 0 Å². The minimum absolute atomic E-state index is 0.127. The molecule has 1 amide bonds. The van der Waals surface area contributed by atoms with Crippen LogP contribution in [0.1, 0.15) is 16.8 Å². The van der Waals surface area contributed by atoms with Crippen molar-refractivity contribution in [1.82, 2.24) is 15.5 Å². The number of rotatable bonds is 6. The highest BCUT2D eigenvalue weighted by Crippen LogP contribution is 1.92. The van der Waals surface area contributed by atoms with Gasteiger partial charge in [0.1, 0.15) is 0 Å². The molecule has 0 aromatic carbocycles. The fraction of sp³-hybridized carbons (Fsp3) is 0.333. The lowest BCUT2D eigenvalue weighted by Crippen LogP contribution is -2.24. The number of nitrogens with zero attached hydrogens (tertiary/aromatic N) is 1. The van der Waals surface area contributed by atoms with Crippen molar-refractivity contribution < 1.29 is 9.53 Å². The standard InChI is InChI=1S/C9H13N3O2/c1-2-14-5-3-4-10-9(13)8-6-11-12-7-8/h2,6-7H,1,3-5H2,(H,10,13)(H,11,12). The van der Waals surface area contributed by atoms with E-state index in [0.717, 1.165) is 6.42 Å². The van der Waals surface area contributed by atoms with Crippen LogP contribution in [0.3, 0.4) is 0 Å². The summed E-state index contributed by atoms with van der Waals surface area (Å²) in [6.45, 7) is 4.56. The van der Waals surface area contributed by atoms with Gasteiger partial charge < -0.3 is 10.1 Å². The smallest absolute Gasteiger partial charge is 0.254 e. The molecule has 14 heavy (non-hydrogen) atoms. The van der Waals surface area contributed by atoms with E-state index in [1.807, 2.05) is 0 Å². The average molecular weight is 195 g/mol. The Morgan fingerprint density at radius 2 is 2.64 bits per heavy atom. The number of amides is 1. The number of carbonyl (C=O) groups excluding carboxylic acids is 1. The van der Waals surface area contributed by atoms with Gasteiger partial charge in [-0.05, 0) is 6.42 Å². The van der Waals surface area contributed by atoms with Crippen LogP contribution in [0.2, 0.25) is 0 Å². The summed E-state index contributed by atoms with van der Waals surface area (Å²) in [7, 11) is 0. The van der Waals surface area contributed by atoms with E-state index in [1.165, 1.54) is 12.5 Å². The van der Waals surface area contributed by atoms with Crippen LogP contribution in [0, 0.1) is 0 Å². The van der Waals surface area contributed by atoms with E-state index in [4.69, 9.17) is 4.74 Å². The van der Waals surface area contributed by atoms with Crippen LogP contribution >= 0.6 is 0 Å². The molecule has 1 aromatic rings. The van der Waals surface area contributed by atoms with Crippen LogP contribution in [0.5, 0.6) is 0 Å². The van der Waals surface area contributed by atoms with Gasteiger partial charge in [0, 0.05) is 12.7 Å². The van der Waals surface area contributed by atoms with Crippen LogP contribution in [-0.2, 0) is 4.74 Å². The van der Waals surface area contributed by atoms with E-state index in [-0.39, 0.29) is 5.91 Å². The molecule has 0 bridgehead atoms. The SMILES string of the molecule is C=COCCCNC(=O)c1cn[nH]c1. The Hall–Kier alpha value is -1.78. The van der Waals surface area contributed by atoms with E-state index in [9.17, 15) is 4.79 Å². The molecule has 0 aliphatic carbocycles. The Balaban J connectivity index is 2.13. The molecule has 76 valence electrons. The largest absolute Gasteiger partial charge is 0.502 e. The van der Waals surface area contributed by atoms with Crippen molar-refractivity contribution in [3.63, 3.8) is 0 Å². The molecule has 0 atom stereocenters. The zero-order valence-electron chi connectivity index (χ0n) is 7.82. The molecule has 0 spiro atoms. The van der Waals surface area contributed by atoms with Gasteiger partial charge in [-0.15, -0.1) is 0 Å². The number of carbonyl (C=O) groups is 1. The van der Waals surface area contributed by atoms with Crippen molar-refractivity contribution in [3.8, 4) is 0 Å². The van der Waals surface area contributed by atoms with E-state index < -0.39 is 0 Å². The van der Waals surface area contributed by atoms with Crippen molar-refractivity contribution in [3.05, 3.63) is 30.8 Å². The molecular formula is C9H13N3O2. The van der Waals surface area contributed by atoms with E-state index >= 15 is 0 Å². The summed E-state index contributed by atoms with van der Waals surface area (Å²) in [6.07, 6.45) is 5.18. The molecule has 5 nitrogen and oxygen atoms in total. The summed E-state index contributed by atoms with van der Waals surface area (Å²) in [5.74, 6) is -0.127. The lowest BCUT2D eigenvalue weighted by atomic mass is 10.3. The van der Waals surface area contributed by atoms with Gasteiger partial charge in [0.15, 0.2) is 0 Å². The Kier molecular flexibility index (Phi) is 4.26. The minimum Gasteiger partial charge on any atom is -0.502 e. The van der Waals surface area contributed by atoms with Crippen molar-refractivity contribution >= 4 is 5.91 Å². The molecule has 1 aromatic heterocycles. The molecule has 2 N–H and O–H groups in total. The first kappa shape index (κ1) is 10.3. The first-order valence-corrected chi connectivity index (χ1v) is 4.34. The Labute approximate surface area is 82.2 Å². The summed E-state index contributed by atoms with van der Waals surface area (Å²) in [5.41, 5.74) is 0.537. The third-order valence-corrected chi connectivity index (χ3v) is 1.60. The number of H-pyrrole nitrogens is 1. The number of aromatic amines is 1. The zero-order chi connectivity index (χ0) is 10.2. The maximum Gasteiger partial charge on any atom is 0.254 e. The normalized spacial score (nSPS) is 9.43. The molecule has 0 unspecified atom stereocenters. The third kappa shape index (κ3) is 3.30. The van der Waals surface area contributed by atoms with Crippen LogP contribution < -0.4 is 5.32 Å². The molecule has 1 rings (SSSR count). The van der Waals surface area contributed by atoms with Crippen molar-refractivity contribution in [1.29, 1.82) is 0 Å². The molecule has 0 radical (unpaired) electrons. The van der Waals surface area contributed by atoms with E-state index in [0.29, 0.717) is 18.7 Å². The van der Waals surface area contributed by atoms with Crippen molar-refractivity contribution in [2.24, 2.45) is 0 Å². The summed E-state index contributed by atoms with van der Waals surface area (Å²) in [6, 6.07) is 0. The molecule has 0 fully saturated rings. The topological polar surface area (TPSA) is 67.0 Å². The monoisotopic (exact) mass is 195 g/mol. The highest BCUT2D eigenvalue weighted by molar-refractivity contribution is 5.93. The highest BCUT2D eigenvalue weighted by Gasteiger charge is 2.04. The predicted molar refractivity (Wildman–Crippen MR) is 51.7 cm³/mol. The number of nitrogens with one attached hydrogen (secondary N) is 2. The van der Waals surface area contributed by atoms with Crippen LogP contribution in [0.4, 0.5) is 0 Å². The Bertz CT molecular complexity index is 282. The van der Waals surface area contributed by atoms with Gasteiger partial charge in [-0.2, -0.15) is 5.10 Å². The lowest BCUT2D eigenvalue weighted by molar-refractivity contribution is 0.0950. The summed E-state index contributed by atoms with van der Waals surface area (Å²) >= 11 is 0. The number of aromatic nitrogens is 2. The lowest BCUT2D eigenvalue weighted by Gasteiger charge is -2.02. The predicted octanol–water partition coefficient (Wildman–Crippen LogP) is 0.690. The quantitative estimate of drug-likeness (QED) is 0.518. The highest BCUT2D eigenvalue weighted by atomic mass is 16.5. The third-order valence-electron chi connectivity index (χ3n) is 1.60. The van der Waals surface area contributed by atoms with Gasteiger partial charge in [-0.3, -0.25) is 9.89 Å². The number of hydrogen-bond acceptors (Lipinski definition) is 3. The maximum absolute atomic E-state index is 11.3. The second-order valence-electron chi connectivity index (χ2n) is 2.63. The first-order valence-electron chi connectivity index (χ1n) is 4.34. The van der Waals surface area contributed by atoms with Gasteiger partial charge in [-0.1, -0.05) is 6.58 Å². The van der Waals surface area contributed by atoms with Crippen molar-refractivity contribution in [2.75, 3.05) is 13.2 Å².